The van der Waals surface area contributed by atoms with Crippen molar-refractivity contribution in [3.8, 4) is 11.8 Å². The second-order valence-corrected chi connectivity index (χ2v) is 7.52. The van der Waals surface area contributed by atoms with E-state index < -0.39 is 0 Å². The summed E-state index contributed by atoms with van der Waals surface area (Å²) in [6, 6.07) is 30.1. The lowest BCUT2D eigenvalue weighted by molar-refractivity contribution is 0.306. The van der Waals surface area contributed by atoms with Gasteiger partial charge in [-0.05, 0) is 41.5 Å². The van der Waals surface area contributed by atoms with Gasteiger partial charge in [0.15, 0.2) is 0 Å². The zero-order valence-electron chi connectivity index (χ0n) is 16.6. The van der Waals surface area contributed by atoms with E-state index in [2.05, 4.69) is 12.1 Å². The lowest BCUT2D eigenvalue weighted by Crippen LogP contribution is -1.98. The third kappa shape index (κ3) is 4.22. The first-order valence-corrected chi connectivity index (χ1v) is 10.1. The number of halogens is 1. The Morgan fingerprint density at radius 2 is 1.67 bits per heavy atom. The van der Waals surface area contributed by atoms with Crippen LogP contribution < -0.4 is 4.74 Å². The topological polar surface area (TPSA) is 33.0 Å². The van der Waals surface area contributed by atoms with Crippen molar-refractivity contribution in [2.75, 3.05) is 0 Å². The van der Waals surface area contributed by atoms with Gasteiger partial charge in [-0.15, -0.1) is 0 Å². The lowest BCUT2D eigenvalue weighted by atomic mass is 9.98. The number of nitrogens with zero attached hydrogens (tertiary/aromatic N) is 1. The second kappa shape index (κ2) is 8.86. The van der Waals surface area contributed by atoms with Crippen molar-refractivity contribution in [1.29, 1.82) is 5.26 Å². The third-order valence-electron chi connectivity index (χ3n) is 5.04. The molecule has 0 atom stereocenters. The molecule has 0 aliphatic carbocycles. The van der Waals surface area contributed by atoms with Crippen LogP contribution in [0.3, 0.4) is 0 Å². The SMILES string of the molecule is Cc1ccc(/C(C#N)=C/c2c(OCc3ccccc3Cl)ccc3ccccc23)cc1. The molecule has 2 nitrogen and oxygen atoms in total. The number of allylic oxidation sites excluding steroid dienone is 1. The minimum atomic E-state index is 0.352. The van der Waals surface area contributed by atoms with Gasteiger partial charge in [0, 0.05) is 16.1 Å². The Morgan fingerprint density at radius 3 is 2.43 bits per heavy atom. The first-order chi connectivity index (χ1) is 14.7. The third-order valence-corrected chi connectivity index (χ3v) is 5.41. The minimum absolute atomic E-state index is 0.352. The standard InChI is InChI=1S/C27H20ClNO/c1-19-10-12-20(13-11-19)23(17-29)16-25-24-8-4-2-6-21(24)14-15-27(25)30-18-22-7-3-5-9-26(22)28/h2-16H,18H2,1H3/b23-16+. The van der Waals surface area contributed by atoms with E-state index in [1.165, 1.54) is 0 Å². The van der Waals surface area contributed by atoms with Crippen molar-refractivity contribution in [2.45, 2.75) is 13.5 Å². The van der Waals surface area contributed by atoms with Crippen LogP contribution >= 0.6 is 11.6 Å². The molecule has 0 radical (unpaired) electrons. The van der Waals surface area contributed by atoms with E-state index in [0.29, 0.717) is 23.0 Å². The smallest absolute Gasteiger partial charge is 0.127 e. The van der Waals surface area contributed by atoms with Gasteiger partial charge < -0.3 is 4.74 Å². The minimum Gasteiger partial charge on any atom is -0.488 e. The maximum absolute atomic E-state index is 9.84. The molecule has 0 amide bonds. The van der Waals surface area contributed by atoms with Crippen molar-refractivity contribution in [2.24, 2.45) is 0 Å². The van der Waals surface area contributed by atoms with Crippen LogP contribution in [0.4, 0.5) is 0 Å². The molecule has 0 aliphatic rings. The second-order valence-electron chi connectivity index (χ2n) is 7.11. The first kappa shape index (κ1) is 19.8. The Bertz CT molecular complexity index is 1270. The Balaban J connectivity index is 1.80. The number of aryl methyl sites for hydroxylation is 1. The molecule has 146 valence electrons. The molecule has 0 bridgehead atoms. The van der Waals surface area contributed by atoms with Crippen LogP contribution in [0.5, 0.6) is 5.75 Å². The average molecular weight is 410 g/mol. The fraction of sp³-hybridized carbons (Fsp3) is 0.0741. The summed E-state index contributed by atoms with van der Waals surface area (Å²) in [4.78, 5) is 0. The van der Waals surface area contributed by atoms with Gasteiger partial charge in [-0.25, -0.2) is 0 Å². The molecule has 0 saturated heterocycles. The van der Waals surface area contributed by atoms with E-state index in [1.807, 2.05) is 91.9 Å². The molecule has 0 N–H and O–H groups in total. The number of hydrogen-bond donors (Lipinski definition) is 0. The van der Waals surface area contributed by atoms with Gasteiger partial charge in [0.05, 0.1) is 11.6 Å². The molecule has 0 unspecified atom stereocenters. The van der Waals surface area contributed by atoms with E-state index in [9.17, 15) is 5.26 Å². The van der Waals surface area contributed by atoms with Crippen LogP contribution in [0.25, 0.3) is 22.4 Å². The van der Waals surface area contributed by atoms with Crippen LogP contribution in [-0.2, 0) is 6.61 Å². The number of ether oxygens (including phenoxy) is 1. The van der Waals surface area contributed by atoms with E-state index in [4.69, 9.17) is 16.3 Å². The Labute approximate surface area is 181 Å². The van der Waals surface area contributed by atoms with Gasteiger partial charge in [-0.3, -0.25) is 0 Å². The highest BCUT2D eigenvalue weighted by atomic mass is 35.5. The largest absolute Gasteiger partial charge is 0.488 e. The van der Waals surface area contributed by atoms with Gasteiger partial charge >= 0.3 is 0 Å². The van der Waals surface area contributed by atoms with Crippen molar-refractivity contribution in [3.05, 3.63) is 112 Å². The van der Waals surface area contributed by atoms with Gasteiger partial charge in [0.1, 0.15) is 12.4 Å². The molecule has 0 aliphatic heterocycles. The molecule has 30 heavy (non-hydrogen) atoms. The molecule has 0 heterocycles. The predicted molar refractivity (Wildman–Crippen MR) is 124 cm³/mol. The van der Waals surface area contributed by atoms with Crippen LogP contribution in [0, 0.1) is 18.3 Å². The van der Waals surface area contributed by atoms with Gasteiger partial charge in [0.25, 0.3) is 0 Å². The molecule has 0 saturated carbocycles. The summed E-state index contributed by atoms with van der Waals surface area (Å²) in [7, 11) is 0. The molecule has 4 aromatic carbocycles. The average Bonchev–Trinajstić information content (AvgIpc) is 2.78. The molecular weight excluding hydrogens is 390 g/mol. The maximum Gasteiger partial charge on any atom is 0.127 e. The molecule has 4 aromatic rings. The number of hydrogen-bond acceptors (Lipinski definition) is 2. The quantitative estimate of drug-likeness (QED) is 0.253. The monoisotopic (exact) mass is 409 g/mol. The van der Waals surface area contributed by atoms with Crippen LogP contribution in [-0.4, -0.2) is 0 Å². The Kier molecular flexibility index (Phi) is 5.84. The molecule has 3 heteroatoms. The number of fused-ring (bicyclic) bond motifs is 1. The number of benzene rings is 4. The highest BCUT2D eigenvalue weighted by Crippen LogP contribution is 2.33. The summed E-state index contributed by atoms with van der Waals surface area (Å²) in [5.41, 5.74) is 4.44. The Hall–Kier alpha value is -3.54. The molecular formula is C27H20ClNO. The predicted octanol–water partition coefficient (Wildman–Crippen LogP) is 7.44. The van der Waals surface area contributed by atoms with Crippen LogP contribution in [0.2, 0.25) is 5.02 Å². The van der Waals surface area contributed by atoms with Crippen LogP contribution in [0.1, 0.15) is 22.3 Å². The van der Waals surface area contributed by atoms with Crippen molar-refractivity contribution in [1.82, 2.24) is 0 Å². The van der Waals surface area contributed by atoms with E-state index in [0.717, 1.165) is 33.0 Å². The highest BCUT2D eigenvalue weighted by molar-refractivity contribution is 6.31. The number of nitriles is 1. The van der Waals surface area contributed by atoms with Gasteiger partial charge in [-0.1, -0.05) is 90.0 Å². The molecule has 0 spiro atoms. The molecule has 0 fully saturated rings. The first-order valence-electron chi connectivity index (χ1n) is 9.72. The van der Waals surface area contributed by atoms with E-state index >= 15 is 0 Å². The highest BCUT2D eigenvalue weighted by Gasteiger charge is 2.11. The van der Waals surface area contributed by atoms with E-state index in [-0.39, 0.29) is 0 Å². The Morgan fingerprint density at radius 1 is 0.933 bits per heavy atom. The zero-order valence-corrected chi connectivity index (χ0v) is 17.4. The zero-order chi connectivity index (χ0) is 20.9. The van der Waals surface area contributed by atoms with E-state index in [1.54, 1.807) is 0 Å². The summed E-state index contributed by atoms with van der Waals surface area (Å²) in [6.07, 6.45) is 1.91. The summed E-state index contributed by atoms with van der Waals surface area (Å²) in [5, 5.41) is 12.6. The molecule has 0 aromatic heterocycles. The normalized spacial score (nSPS) is 11.3. The lowest BCUT2D eigenvalue weighted by Gasteiger charge is -2.13. The van der Waals surface area contributed by atoms with Crippen molar-refractivity contribution >= 4 is 34.0 Å². The van der Waals surface area contributed by atoms with Crippen LogP contribution in [0.15, 0.2) is 84.9 Å². The summed E-state index contributed by atoms with van der Waals surface area (Å²) < 4.78 is 6.17. The molecule has 4 rings (SSSR count). The fourth-order valence-electron chi connectivity index (χ4n) is 3.38. The number of rotatable bonds is 5. The van der Waals surface area contributed by atoms with Crippen molar-refractivity contribution < 1.29 is 4.74 Å². The summed E-state index contributed by atoms with van der Waals surface area (Å²) >= 11 is 6.29. The summed E-state index contributed by atoms with van der Waals surface area (Å²) in [5.74, 6) is 0.716. The van der Waals surface area contributed by atoms with Gasteiger partial charge in [-0.2, -0.15) is 5.26 Å². The van der Waals surface area contributed by atoms with Crippen molar-refractivity contribution in [3.63, 3.8) is 0 Å². The fourth-order valence-corrected chi connectivity index (χ4v) is 3.57. The maximum atomic E-state index is 9.84. The summed E-state index contributed by atoms with van der Waals surface area (Å²) in [6.45, 7) is 2.39. The van der Waals surface area contributed by atoms with Gasteiger partial charge in [0.2, 0.25) is 0 Å².